The van der Waals surface area contributed by atoms with Crippen molar-refractivity contribution in [2.75, 3.05) is 26.4 Å². The average Bonchev–Trinajstić information content (AvgIpc) is 3.28. The molecule has 9 nitrogen and oxygen atoms in total. The van der Waals surface area contributed by atoms with Crippen LogP contribution in [0.5, 0.6) is 0 Å². The molecular weight excluding hydrogens is 822 g/mol. The number of hydrogen-bond donors (Lipinski definition) is 2. The first-order chi connectivity index (χ1) is 31.3. The Balaban J connectivity index is 4.18. The Hall–Kier alpha value is -3.07. The number of ether oxygens (including phenoxy) is 2. The number of hydrogen-bond acceptors (Lipinski definition) is 8. The van der Waals surface area contributed by atoms with Crippen LogP contribution in [0, 0.1) is 0 Å². The Morgan fingerprint density at radius 3 is 1.28 bits per heavy atom. The van der Waals surface area contributed by atoms with Gasteiger partial charge in [0, 0.05) is 19.4 Å². The number of phosphoric ester groups is 1. The van der Waals surface area contributed by atoms with E-state index in [0.29, 0.717) is 6.42 Å². The summed E-state index contributed by atoms with van der Waals surface area (Å²) in [5.41, 5.74) is 5.36. The lowest BCUT2D eigenvalue weighted by Gasteiger charge is -2.19. The number of phosphoric acid groups is 1. The van der Waals surface area contributed by atoms with Crippen LogP contribution in [0.15, 0.2) is 97.2 Å². The lowest BCUT2D eigenvalue weighted by molar-refractivity contribution is -0.161. The highest BCUT2D eigenvalue weighted by Crippen LogP contribution is 2.43. The molecule has 2 unspecified atom stereocenters. The first kappa shape index (κ1) is 60.9. The number of carbonyl (C=O) groups excluding carboxylic acids is 2. The monoisotopic (exact) mass is 914 g/mol. The molecule has 0 aromatic heterocycles. The maximum Gasteiger partial charge on any atom is 0.472 e. The second-order valence-electron chi connectivity index (χ2n) is 16.3. The zero-order valence-electron chi connectivity index (χ0n) is 40.5. The van der Waals surface area contributed by atoms with Gasteiger partial charge in [0.05, 0.1) is 13.2 Å². The highest BCUT2D eigenvalue weighted by Gasteiger charge is 2.26. The molecule has 0 amide bonds. The third-order valence-electron chi connectivity index (χ3n) is 10.2. The number of rotatable bonds is 46. The zero-order valence-corrected chi connectivity index (χ0v) is 41.4. The van der Waals surface area contributed by atoms with Gasteiger partial charge < -0.3 is 20.1 Å². The topological polar surface area (TPSA) is 134 Å². The Labute approximate surface area is 391 Å². The minimum atomic E-state index is -4.40. The van der Waals surface area contributed by atoms with Gasteiger partial charge in [-0.3, -0.25) is 18.6 Å². The van der Waals surface area contributed by atoms with Crippen LogP contribution in [0.2, 0.25) is 0 Å². The largest absolute Gasteiger partial charge is 0.472 e. The van der Waals surface area contributed by atoms with Crippen molar-refractivity contribution in [1.29, 1.82) is 0 Å². The second-order valence-corrected chi connectivity index (χ2v) is 17.8. The number of nitrogens with two attached hydrogens (primary N) is 1. The van der Waals surface area contributed by atoms with E-state index in [-0.39, 0.29) is 32.6 Å². The van der Waals surface area contributed by atoms with E-state index >= 15 is 0 Å². The number of unbranched alkanes of at least 4 members (excludes halogenated alkanes) is 17. The molecular formula is C54H92NO8P. The number of allylic oxidation sites excluding steroid dienone is 16. The van der Waals surface area contributed by atoms with Gasteiger partial charge in [0.2, 0.25) is 0 Å². The molecule has 0 heterocycles. The molecule has 0 fully saturated rings. The van der Waals surface area contributed by atoms with Crippen molar-refractivity contribution < 1.29 is 37.6 Å². The fraction of sp³-hybridized carbons (Fsp3) is 0.667. The van der Waals surface area contributed by atoms with Gasteiger partial charge in [-0.2, -0.15) is 0 Å². The van der Waals surface area contributed by atoms with E-state index in [1.165, 1.54) is 83.5 Å². The van der Waals surface area contributed by atoms with Crippen molar-refractivity contribution >= 4 is 19.8 Å². The highest BCUT2D eigenvalue weighted by atomic mass is 31.2. The van der Waals surface area contributed by atoms with Crippen LogP contribution in [-0.2, 0) is 32.7 Å². The van der Waals surface area contributed by atoms with Crippen LogP contribution >= 0.6 is 7.82 Å². The first-order valence-electron chi connectivity index (χ1n) is 25.2. The Morgan fingerprint density at radius 1 is 0.484 bits per heavy atom. The van der Waals surface area contributed by atoms with Crippen molar-refractivity contribution in [1.82, 2.24) is 0 Å². The van der Waals surface area contributed by atoms with Crippen LogP contribution in [0.4, 0.5) is 0 Å². The Bertz CT molecular complexity index is 1360. The normalized spacial score (nSPS) is 14.0. The predicted octanol–water partition coefficient (Wildman–Crippen LogP) is 15.3. The van der Waals surface area contributed by atoms with Crippen LogP contribution in [0.1, 0.15) is 200 Å². The highest BCUT2D eigenvalue weighted by molar-refractivity contribution is 7.47. The summed E-state index contributed by atoms with van der Waals surface area (Å²) in [6.45, 7) is 3.57. The summed E-state index contributed by atoms with van der Waals surface area (Å²) in [6, 6.07) is 0. The predicted molar refractivity (Wildman–Crippen MR) is 270 cm³/mol. The molecule has 366 valence electrons. The maximum absolute atomic E-state index is 12.6. The molecule has 0 aliphatic rings. The van der Waals surface area contributed by atoms with E-state index in [0.717, 1.165) is 83.5 Å². The lowest BCUT2D eigenvalue weighted by Crippen LogP contribution is -2.29. The summed E-state index contributed by atoms with van der Waals surface area (Å²) in [7, 11) is -4.40. The molecule has 0 rings (SSSR count). The fourth-order valence-corrected chi connectivity index (χ4v) is 7.30. The Morgan fingerprint density at radius 2 is 0.859 bits per heavy atom. The summed E-state index contributed by atoms with van der Waals surface area (Å²) in [5.74, 6) is -0.882. The second kappa shape index (κ2) is 49.4. The summed E-state index contributed by atoms with van der Waals surface area (Å²) < 4.78 is 32.9. The molecule has 0 saturated heterocycles. The summed E-state index contributed by atoms with van der Waals surface area (Å²) in [5, 5.41) is 0. The Kier molecular flexibility index (Phi) is 47.0. The van der Waals surface area contributed by atoms with Gasteiger partial charge in [0.1, 0.15) is 6.61 Å². The van der Waals surface area contributed by atoms with Crippen molar-refractivity contribution in [2.24, 2.45) is 5.73 Å². The number of esters is 2. The van der Waals surface area contributed by atoms with Crippen LogP contribution in [0.3, 0.4) is 0 Å². The molecule has 0 radical (unpaired) electrons. The smallest absolute Gasteiger partial charge is 0.462 e. The molecule has 0 aromatic carbocycles. The van der Waals surface area contributed by atoms with Gasteiger partial charge in [-0.05, 0) is 77.0 Å². The molecule has 0 aliphatic heterocycles. The van der Waals surface area contributed by atoms with Crippen molar-refractivity contribution in [3.05, 3.63) is 97.2 Å². The van der Waals surface area contributed by atoms with E-state index in [4.69, 9.17) is 24.3 Å². The summed E-state index contributed by atoms with van der Waals surface area (Å²) >= 11 is 0. The first-order valence-corrected chi connectivity index (χ1v) is 26.7. The average molecular weight is 914 g/mol. The van der Waals surface area contributed by atoms with E-state index in [1.807, 2.05) is 0 Å². The standard InChI is InChI=1S/C54H92NO8P/c1-3-5-7-9-11-13-15-17-19-21-22-23-24-25-26-27-28-29-30-31-33-35-37-39-41-43-45-47-54(57)63-52(51-62-64(58,59)61-49-48-55)50-60-53(56)46-44-42-40-38-36-34-32-20-18-16-14-12-10-8-6-4-2/h5,7,11,13,17,19,22-23,25-26,28-29,31,33,37,39,52H,3-4,6,8-10,12,14-16,18,20-21,24,27,30,32,34-36,38,40-51,55H2,1-2H3,(H,58,59)/b7-5-,13-11-,19-17-,23-22-,26-25-,29-28-,33-31-,39-37-. The van der Waals surface area contributed by atoms with Crippen molar-refractivity contribution in [2.45, 2.75) is 206 Å². The lowest BCUT2D eigenvalue weighted by atomic mass is 10.0. The minimum absolute atomic E-state index is 0.0419. The molecule has 0 aliphatic carbocycles. The van der Waals surface area contributed by atoms with Gasteiger partial charge in [0.15, 0.2) is 6.10 Å². The summed E-state index contributed by atoms with van der Waals surface area (Å²) in [6.07, 6.45) is 64.5. The maximum atomic E-state index is 12.6. The molecule has 0 bridgehead atoms. The SMILES string of the molecule is CC/C=C\C/C=C\C/C=C\C/C=C\C/C=C\C/C=C\C/C=C\C/C=C\CCCCC(=O)OC(COC(=O)CCCCCCCCCCCCCCCCCC)COP(=O)(O)OCCN. The molecule has 2 atom stereocenters. The third kappa shape index (κ3) is 48.4. The number of carbonyl (C=O) groups is 2. The van der Waals surface area contributed by atoms with Gasteiger partial charge in [-0.25, -0.2) is 4.57 Å². The molecule has 0 saturated carbocycles. The molecule has 0 spiro atoms. The summed E-state index contributed by atoms with van der Waals surface area (Å²) in [4.78, 5) is 35.0. The molecule has 10 heteroatoms. The minimum Gasteiger partial charge on any atom is -0.462 e. The fourth-order valence-electron chi connectivity index (χ4n) is 6.53. The molecule has 0 aromatic rings. The van der Waals surface area contributed by atoms with E-state index in [2.05, 4.69) is 111 Å². The van der Waals surface area contributed by atoms with Gasteiger partial charge in [0.25, 0.3) is 0 Å². The van der Waals surface area contributed by atoms with E-state index < -0.39 is 32.5 Å². The van der Waals surface area contributed by atoms with Gasteiger partial charge in [-0.15, -0.1) is 0 Å². The van der Waals surface area contributed by atoms with Crippen molar-refractivity contribution in [3.8, 4) is 0 Å². The molecule has 3 N–H and O–H groups in total. The quantitative estimate of drug-likeness (QED) is 0.0265. The van der Waals surface area contributed by atoms with Crippen LogP contribution < -0.4 is 5.73 Å². The molecule has 64 heavy (non-hydrogen) atoms. The van der Waals surface area contributed by atoms with Crippen LogP contribution in [0.25, 0.3) is 0 Å². The van der Waals surface area contributed by atoms with Crippen molar-refractivity contribution in [3.63, 3.8) is 0 Å². The van der Waals surface area contributed by atoms with E-state index in [1.54, 1.807) is 0 Å². The third-order valence-corrected chi connectivity index (χ3v) is 11.2. The van der Waals surface area contributed by atoms with Crippen LogP contribution in [-0.4, -0.2) is 49.3 Å². The van der Waals surface area contributed by atoms with Gasteiger partial charge in [-0.1, -0.05) is 207 Å². The van der Waals surface area contributed by atoms with Gasteiger partial charge >= 0.3 is 19.8 Å². The van der Waals surface area contributed by atoms with E-state index in [9.17, 15) is 19.0 Å². The zero-order chi connectivity index (χ0) is 46.7.